The predicted molar refractivity (Wildman–Crippen MR) is 83.4 cm³/mol. The second kappa shape index (κ2) is 5.03. The van der Waals surface area contributed by atoms with Crippen LogP contribution in [0.1, 0.15) is 27.0 Å². The molecule has 2 radical (unpaired) electrons. The van der Waals surface area contributed by atoms with Crippen molar-refractivity contribution < 1.29 is 9.53 Å². The van der Waals surface area contributed by atoms with Gasteiger partial charge in [0.25, 0.3) is 0 Å². The van der Waals surface area contributed by atoms with E-state index in [-0.39, 0.29) is 12.4 Å². The van der Waals surface area contributed by atoms with Crippen LogP contribution in [0.5, 0.6) is 5.75 Å². The standard InChI is InChI=1S/C19H18O2/c1-13-9-15(10-14-7-5-4-6-8-14)11-16-17(13)21-12-19(2,3)18(16)20/h4-9,11H,2-3,10,12H2,1H3. The highest BCUT2D eigenvalue weighted by molar-refractivity contribution is 6.05. The third-order valence-corrected chi connectivity index (χ3v) is 3.80. The maximum absolute atomic E-state index is 12.5. The fraction of sp³-hybridized carbons (Fsp3) is 0.211. The van der Waals surface area contributed by atoms with Gasteiger partial charge in [0.1, 0.15) is 12.4 Å². The topological polar surface area (TPSA) is 26.3 Å². The van der Waals surface area contributed by atoms with Crippen LogP contribution in [0.3, 0.4) is 0 Å². The Bertz CT molecular complexity index is 684. The zero-order valence-electron chi connectivity index (χ0n) is 12.2. The first-order chi connectivity index (χ1) is 9.97. The number of hydrogen-bond acceptors (Lipinski definition) is 2. The molecule has 0 spiro atoms. The summed E-state index contributed by atoms with van der Waals surface area (Å²) in [6.07, 6.45) is 0.795. The van der Waals surface area contributed by atoms with Crippen molar-refractivity contribution in [3.63, 3.8) is 0 Å². The minimum Gasteiger partial charge on any atom is -0.491 e. The summed E-state index contributed by atoms with van der Waals surface area (Å²) in [5.41, 5.74) is 2.98. The lowest BCUT2D eigenvalue weighted by atomic mass is 9.81. The minimum atomic E-state index is -0.940. The summed E-state index contributed by atoms with van der Waals surface area (Å²) in [6, 6.07) is 14.2. The first kappa shape index (κ1) is 13.9. The molecular weight excluding hydrogens is 260 g/mol. The highest BCUT2D eigenvalue weighted by Gasteiger charge is 2.36. The molecule has 0 fully saturated rings. The van der Waals surface area contributed by atoms with Gasteiger partial charge in [0.05, 0.1) is 11.0 Å². The van der Waals surface area contributed by atoms with E-state index in [1.165, 1.54) is 5.56 Å². The van der Waals surface area contributed by atoms with Crippen molar-refractivity contribution in [3.8, 4) is 5.75 Å². The SMILES string of the molecule is [CH2]C1([CH2])COc2c(C)cc(Cc3ccccc3)cc2C1=O. The number of rotatable bonds is 2. The third kappa shape index (κ3) is 2.58. The number of carbonyl (C=O) groups is 1. The van der Waals surface area contributed by atoms with E-state index in [0.717, 1.165) is 17.5 Å². The van der Waals surface area contributed by atoms with Crippen molar-refractivity contribution in [1.29, 1.82) is 0 Å². The van der Waals surface area contributed by atoms with Crippen LogP contribution >= 0.6 is 0 Å². The molecule has 1 aliphatic heterocycles. The summed E-state index contributed by atoms with van der Waals surface area (Å²) in [5, 5.41) is 0. The smallest absolute Gasteiger partial charge is 0.176 e. The van der Waals surface area contributed by atoms with Gasteiger partial charge in [0.15, 0.2) is 5.78 Å². The van der Waals surface area contributed by atoms with Crippen LogP contribution in [0.2, 0.25) is 0 Å². The lowest BCUT2D eigenvalue weighted by molar-refractivity contribution is 0.0780. The molecule has 0 unspecified atom stereocenters. The largest absolute Gasteiger partial charge is 0.491 e. The van der Waals surface area contributed by atoms with E-state index in [4.69, 9.17) is 4.74 Å². The highest BCUT2D eigenvalue weighted by Crippen LogP contribution is 2.36. The number of aryl methyl sites for hydroxylation is 1. The number of carbonyl (C=O) groups excluding carboxylic acids is 1. The van der Waals surface area contributed by atoms with E-state index in [1.54, 1.807) is 0 Å². The molecule has 21 heavy (non-hydrogen) atoms. The molecule has 0 saturated heterocycles. The number of fused-ring (bicyclic) bond motifs is 1. The van der Waals surface area contributed by atoms with Crippen LogP contribution in [0, 0.1) is 26.2 Å². The Hall–Kier alpha value is -2.09. The lowest BCUT2D eigenvalue weighted by Gasteiger charge is -2.31. The van der Waals surface area contributed by atoms with Gasteiger partial charge in [0.2, 0.25) is 0 Å². The number of hydrogen-bond donors (Lipinski definition) is 0. The van der Waals surface area contributed by atoms with Gasteiger partial charge in [-0.1, -0.05) is 36.4 Å². The molecule has 0 aromatic heterocycles. The summed E-state index contributed by atoms with van der Waals surface area (Å²) in [4.78, 5) is 12.5. The van der Waals surface area contributed by atoms with E-state index < -0.39 is 5.41 Å². The summed E-state index contributed by atoms with van der Waals surface area (Å²) in [6.45, 7) is 9.94. The van der Waals surface area contributed by atoms with Gasteiger partial charge < -0.3 is 4.74 Å². The molecule has 0 saturated carbocycles. The lowest BCUT2D eigenvalue weighted by Crippen LogP contribution is -2.36. The van der Waals surface area contributed by atoms with E-state index in [2.05, 4.69) is 32.0 Å². The molecule has 2 aromatic rings. The summed E-state index contributed by atoms with van der Waals surface area (Å²) in [5.74, 6) is 0.640. The Morgan fingerprint density at radius 2 is 1.86 bits per heavy atom. The summed E-state index contributed by atoms with van der Waals surface area (Å²) >= 11 is 0. The molecule has 106 valence electrons. The van der Waals surface area contributed by atoms with Crippen molar-refractivity contribution in [2.75, 3.05) is 6.61 Å². The zero-order valence-corrected chi connectivity index (χ0v) is 12.2. The van der Waals surface area contributed by atoms with E-state index in [0.29, 0.717) is 11.3 Å². The van der Waals surface area contributed by atoms with Crippen LogP contribution in [-0.4, -0.2) is 12.4 Å². The molecule has 3 rings (SSSR count). The van der Waals surface area contributed by atoms with Crippen molar-refractivity contribution in [2.24, 2.45) is 5.41 Å². The van der Waals surface area contributed by atoms with E-state index in [9.17, 15) is 4.79 Å². The fourth-order valence-corrected chi connectivity index (χ4v) is 2.70. The molecule has 0 N–H and O–H groups in total. The maximum Gasteiger partial charge on any atom is 0.176 e. The first-order valence-electron chi connectivity index (χ1n) is 7.03. The maximum atomic E-state index is 12.5. The summed E-state index contributed by atoms with van der Waals surface area (Å²) < 4.78 is 5.70. The second-order valence-corrected chi connectivity index (χ2v) is 5.85. The van der Waals surface area contributed by atoms with Crippen LogP contribution < -0.4 is 4.74 Å². The van der Waals surface area contributed by atoms with E-state index in [1.807, 2.05) is 31.2 Å². The van der Waals surface area contributed by atoms with E-state index >= 15 is 0 Å². The molecule has 1 heterocycles. The monoisotopic (exact) mass is 278 g/mol. The zero-order chi connectivity index (χ0) is 15.0. The molecule has 2 nitrogen and oxygen atoms in total. The molecule has 0 aliphatic carbocycles. The van der Waals surface area contributed by atoms with Crippen molar-refractivity contribution in [3.05, 3.63) is 78.6 Å². The van der Waals surface area contributed by atoms with Gasteiger partial charge in [-0.15, -0.1) is 0 Å². The predicted octanol–water partition coefficient (Wildman–Crippen LogP) is 3.82. The molecule has 0 atom stereocenters. The quantitative estimate of drug-likeness (QED) is 0.835. The van der Waals surface area contributed by atoms with Crippen molar-refractivity contribution >= 4 is 5.78 Å². The Balaban J connectivity index is 2.01. The number of ether oxygens (including phenoxy) is 1. The number of Topliss-reactive ketones (excluding diaryl/α,β-unsaturated/α-hetero) is 1. The van der Waals surface area contributed by atoms with Crippen LogP contribution in [-0.2, 0) is 6.42 Å². The van der Waals surface area contributed by atoms with Crippen molar-refractivity contribution in [2.45, 2.75) is 13.3 Å². The molecule has 1 aliphatic rings. The van der Waals surface area contributed by atoms with Gasteiger partial charge in [-0.3, -0.25) is 4.79 Å². The highest BCUT2D eigenvalue weighted by atomic mass is 16.5. The Morgan fingerprint density at radius 1 is 1.14 bits per heavy atom. The number of benzene rings is 2. The van der Waals surface area contributed by atoms with Crippen LogP contribution in [0.25, 0.3) is 0 Å². The molecule has 0 bridgehead atoms. The van der Waals surface area contributed by atoms with Gasteiger partial charge in [-0.05, 0) is 49.9 Å². The fourth-order valence-electron chi connectivity index (χ4n) is 2.70. The Labute approximate surface area is 125 Å². The first-order valence-corrected chi connectivity index (χ1v) is 7.03. The average molecular weight is 278 g/mol. The molecule has 0 amide bonds. The molecule has 2 heteroatoms. The van der Waals surface area contributed by atoms with Gasteiger partial charge >= 0.3 is 0 Å². The molecule has 2 aromatic carbocycles. The Morgan fingerprint density at radius 3 is 2.57 bits per heavy atom. The van der Waals surface area contributed by atoms with Gasteiger partial charge in [-0.2, -0.15) is 0 Å². The average Bonchev–Trinajstić information content (AvgIpc) is 2.45. The Kier molecular flexibility index (Phi) is 3.32. The van der Waals surface area contributed by atoms with Crippen molar-refractivity contribution in [1.82, 2.24) is 0 Å². The normalized spacial score (nSPS) is 16.2. The van der Waals surface area contributed by atoms with Gasteiger partial charge in [0, 0.05) is 0 Å². The number of ketones is 1. The van der Waals surface area contributed by atoms with Gasteiger partial charge in [-0.25, -0.2) is 0 Å². The van der Waals surface area contributed by atoms with Crippen LogP contribution in [0.4, 0.5) is 0 Å². The second-order valence-electron chi connectivity index (χ2n) is 5.85. The molecular formula is C19H18O2. The third-order valence-electron chi connectivity index (χ3n) is 3.80. The van der Waals surface area contributed by atoms with Crippen LogP contribution in [0.15, 0.2) is 42.5 Å². The minimum absolute atomic E-state index is 0.0400. The summed E-state index contributed by atoms with van der Waals surface area (Å²) in [7, 11) is 0.